The van der Waals surface area contributed by atoms with Crippen molar-refractivity contribution in [2.45, 2.75) is 94.9 Å². The molecule has 0 spiro atoms. The fraction of sp³-hybridized carbons (Fsp3) is 0.783. The molecule has 32 heavy (non-hydrogen) atoms. The summed E-state index contributed by atoms with van der Waals surface area (Å²) < 4.78 is 35.2. The summed E-state index contributed by atoms with van der Waals surface area (Å²) in [7, 11) is -2.20. The molecule has 0 radical (unpaired) electrons. The number of allylic oxidation sites excluding steroid dienone is 1. The van der Waals surface area contributed by atoms with Crippen molar-refractivity contribution >= 4 is 27.0 Å². The summed E-state index contributed by atoms with van der Waals surface area (Å²) in [5, 5.41) is 11.5. The Labute approximate surface area is 196 Å². The molecule has 3 fully saturated rings. The van der Waals surface area contributed by atoms with Gasteiger partial charge in [0.05, 0.1) is 29.2 Å². The molecule has 4 aliphatic rings. The lowest BCUT2D eigenvalue weighted by Crippen LogP contribution is -2.41. The zero-order valence-corrected chi connectivity index (χ0v) is 21.2. The first-order valence-corrected chi connectivity index (χ1v) is 14.2. The van der Waals surface area contributed by atoms with E-state index in [-0.39, 0.29) is 29.1 Å². The van der Waals surface area contributed by atoms with Gasteiger partial charge in [-0.1, -0.05) is 17.8 Å². The number of nitrogens with one attached hydrogen (secondary N) is 1. The zero-order valence-electron chi connectivity index (χ0n) is 19.5. The van der Waals surface area contributed by atoms with Crippen LogP contribution in [0.3, 0.4) is 0 Å². The van der Waals surface area contributed by atoms with Crippen LogP contribution in [-0.4, -0.2) is 72.8 Å². The van der Waals surface area contributed by atoms with Crippen LogP contribution in [0.25, 0.3) is 0 Å². The number of aliphatic hydroxyl groups is 1. The lowest BCUT2D eigenvalue weighted by molar-refractivity contribution is 0.120. The Hall–Kier alpha value is -0.870. The maximum Gasteiger partial charge on any atom is 0.239 e. The highest BCUT2D eigenvalue weighted by Gasteiger charge is 2.46. The van der Waals surface area contributed by atoms with Crippen LogP contribution in [0.15, 0.2) is 27.6 Å². The van der Waals surface area contributed by atoms with Crippen molar-refractivity contribution in [2.24, 2.45) is 10.9 Å². The number of hydrogen-bond donors (Lipinski definition) is 2. The van der Waals surface area contributed by atoms with E-state index >= 15 is 0 Å². The second kappa shape index (κ2) is 9.78. The predicted octanol–water partition coefficient (Wildman–Crippen LogP) is 3.03. The minimum atomic E-state index is -3.74. The van der Waals surface area contributed by atoms with E-state index in [0.717, 1.165) is 23.2 Å². The number of thioether (sulfide) groups is 1. The molecule has 0 aromatic carbocycles. The van der Waals surface area contributed by atoms with Gasteiger partial charge in [-0.05, 0) is 76.9 Å². The number of aliphatic imine (C=N–C) groups is 1. The summed E-state index contributed by atoms with van der Waals surface area (Å²) in [5.74, 6) is 0.802. The van der Waals surface area contributed by atoms with E-state index < -0.39 is 16.1 Å². The van der Waals surface area contributed by atoms with Gasteiger partial charge in [-0.15, -0.1) is 0 Å². The summed E-state index contributed by atoms with van der Waals surface area (Å²) >= 11 is 1.90. The monoisotopic (exact) mass is 483 g/mol. The molecule has 4 atom stereocenters. The van der Waals surface area contributed by atoms with E-state index in [0.29, 0.717) is 30.9 Å². The quantitative estimate of drug-likeness (QED) is 0.516. The van der Waals surface area contributed by atoms with E-state index in [2.05, 4.69) is 16.5 Å². The zero-order chi connectivity index (χ0) is 23.0. The van der Waals surface area contributed by atoms with Gasteiger partial charge >= 0.3 is 0 Å². The van der Waals surface area contributed by atoms with Crippen LogP contribution < -0.4 is 4.72 Å². The molecule has 2 saturated carbocycles. The van der Waals surface area contributed by atoms with Crippen molar-refractivity contribution in [3.63, 3.8) is 0 Å². The molecule has 3 unspecified atom stereocenters. The van der Waals surface area contributed by atoms with Gasteiger partial charge in [-0.25, -0.2) is 13.1 Å². The van der Waals surface area contributed by atoms with Gasteiger partial charge in [0.25, 0.3) is 0 Å². The summed E-state index contributed by atoms with van der Waals surface area (Å²) in [5.41, 5.74) is 0.969. The van der Waals surface area contributed by atoms with Crippen LogP contribution >= 0.6 is 11.8 Å². The SMILES string of the molecule is C/C=C(\C=C(/[C@H](C)OC)S(=O)(=O)N[C@H]1CC[C@@H](O)CC1)C1C(C)N=C2SC(C3CC3)CN21. The Kier molecular flexibility index (Phi) is 7.41. The fourth-order valence-electron chi connectivity index (χ4n) is 5.04. The van der Waals surface area contributed by atoms with Crippen molar-refractivity contribution in [3.05, 3.63) is 22.6 Å². The number of amidine groups is 1. The normalized spacial score (nSPS) is 35.1. The lowest BCUT2D eigenvalue weighted by atomic mass is 9.94. The molecule has 2 aliphatic heterocycles. The number of nitrogens with zero attached hydrogens (tertiary/aromatic N) is 2. The van der Waals surface area contributed by atoms with Gasteiger partial charge < -0.3 is 14.7 Å². The van der Waals surface area contributed by atoms with Crippen LogP contribution in [0.5, 0.6) is 0 Å². The van der Waals surface area contributed by atoms with Gasteiger partial charge in [0, 0.05) is 24.9 Å². The molecule has 1 saturated heterocycles. The summed E-state index contributed by atoms with van der Waals surface area (Å²) in [6, 6.07) is -0.0282. The Morgan fingerprint density at radius 3 is 2.56 bits per heavy atom. The second-order valence-electron chi connectivity index (χ2n) is 9.58. The second-order valence-corrected chi connectivity index (χ2v) is 12.5. The number of rotatable bonds is 8. The molecule has 2 aliphatic carbocycles. The predicted molar refractivity (Wildman–Crippen MR) is 130 cm³/mol. The Morgan fingerprint density at radius 1 is 1.28 bits per heavy atom. The van der Waals surface area contributed by atoms with Crippen LogP contribution in [0.2, 0.25) is 0 Å². The molecular weight excluding hydrogens is 446 g/mol. The number of sulfonamides is 1. The van der Waals surface area contributed by atoms with Crippen LogP contribution in [0.1, 0.15) is 59.3 Å². The minimum Gasteiger partial charge on any atom is -0.393 e. The standard InChI is InChI=1S/C23H37N3O4S2/c1-5-16(22-14(2)24-23-26(22)13-20(31-23)17-6-7-17)12-21(15(3)30-4)32(28,29)25-18-8-10-19(27)11-9-18/h5,12,14-15,17-20,22,25,27H,6-11,13H2,1-4H3/b16-5+,21-12+/t14?,15-,18-,19+,20?,22?/m0/s1. The third-order valence-electron chi connectivity index (χ3n) is 7.20. The van der Waals surface area contributed by atoms with Crippen molar-refractivity contribution in [3.8, 4) is 0 Å². The third kappa shape index (κ3) is 5.12. The molecule has 4 rings (SSSR count). The van der Waals surface area contributed by atoms with Crippen LogP contribution in [0.4, 0.5) is 0 Å². The molecule has 7 nitrogen and oxygen atoms in total. The van der Waals surface area contributed by atoms with E-state index in [1.165, 1.54) is 20.0 Å². The summed E-state index contributed by atoms with van der Waals surface area (Å²) in [6.07, 6.45) is 8.11. The lowest BCUT2D eigenvalue weighted by Gasteiger charge is -2.29. The maximum atomic E-state index is 13.4. The number of aliphatic hydroxyl groups excluding tert-OH is 1. The van der Waals surface area contributed by atoms with E-state index in [4.69, 9.17) is 9.73 Å². The number of ether oxygens (including phenoxy) is 1. The first-order valence-electron chi connectivity index (χ1n) is 11.9. The molecule has 9 heteroatoms. The molecule has 2 N–H and O–H groups in total. The molecule has 0 amide bonds. The summed E-state index contributed by atoms with van der Waals surface area (Å²) in [4.78, 5) is 7.54. The summed E-state index contributed by atoms with van der Waals surface area (Å²) in [6.45, 7) is 6.84. The van der Waals surface area contributed by atoms with Crippen LogP contribution in [0, 0.1) is 5.92 Å². The fourth-order valence-corrected chi connectivity index (χ4v) is 8.20. The average molecular weight is 484 g/mol. The minimum absolute atomic E-state index is 0.0466. The third-order valence-corrected chi connectivity index (χ3v) is 10.3. The molecular formula is C23H37N3O4S2. The molecule has 2 heterocycles. The Balaban J connectivity index is 1.56. The highest BCUT2D eigenvalue weighted by Crippen LogP contribution is 2.46. The Bertz CT molecular complexity index is 889. The first-order chi connectivity index (χ1) is 15.2. The number of fused-ring (bicyclic) bond motifs is 1. The van der Waals surface area contributed by atoms with Gasteiger partial charge in [0.15, 0.2) is 5.17 Å². The van der Waals surface area contributed by atoms with Crippen molar-refractivity contribution in [1.29, 1.82) is 0 Å². The topological polar surface area (TPSA) is 91.2 Å². The molecule has 180 valence electrons. The average Bonchev–Trinajstić information content (AvgIpc) is 3.46. The van der Waals surface area contributed by atoms with Gasteiger partial charge in [-0.3, -0.25) is 4.99 Å². The highest BCUT2D eigenvalue weighted by molar-refractivity contribution is 8.14. The van der Waals surface area contributed by atoms with Crippen molar-refractivity contribution in [1.82, 2.24) is 9.62 Å². The molecule has 0 aromatic heterocycles. The first kappa shape index (κ1) is 24.3. The smallest absolute Gasteiger partial charge is 0.239 e. The largest absolute Gasteiger partial charge is 0.393 e. The highest BCUT2D eigenvalue weighted by atomic mass is 32.2. The van der Waals surface area contributed by atoms with E-state index in [9.17, 15) is 13.5 Å². The van der Waals surface area contributed by atoms with Crippen molar-refractivity contribution < 1.29 is 18.3 Å². The van der Waals surface area contributed by atoms with Crippen molar-refractivity contribution in [2.75, 3.05) is 13.7 Å². The molecule has 0 bridgehead atoms. The van der Waals surface area contributed by atoms with E-state index in [1.807, 2.05) is 30.8 Å². The Morgan fingerprint density at radius 2 is 1.97 bits per heavy atom. The number of methoxy groups -OCH3 is 1. The van der Waals surface area contributed by atoms with Crippen LogP contribution in [-0.2, 0) is 14.8 Å². The van der Waals surface area contributed by atoms with Gasteiger partial charge in [0.1, 0.15) is 0 Å². The maximum absolute atomic E-state index is 13.4. The van der Waals surface area contributed by atoms with Gasteiger partial charge in [-0.2, -0.15) is 0 Å². The van der Waals surface area contributed by atoms with Gasteiger partial charge in [0.2, 0.25) is 10.0 Å². The molecule has 0 aromatic rings. The number of hydrogen-bond acceptors (Lipinski definition) is 7. The van der Waals surface area contributed by atoms with E-state index in [1.54, 1.807) is 6.92 Å².